The smallest absolute Gasteiger partial charge is 0.364 e. The number of amidine groups is 1. The summed E-state index contributed by atoms with van der Waals surface area (Å²) in [5, 5.41) is 14.6. The molecule has 1 fully saturated rings. The molecule has 1 heterocycles. The number of rotatable bonds is 10. The highest BCUT2D eigenvalue weighted by molar-refractivity contribution is 7.99. The second-order valence-electron chi connectivity index (χ2n) is 7.02. The van der Waals surface area contributed by atoms with Crippen molar-refractivity contribution in [2.45, 2.75) is 29.8 Å². The predicted octanol–water partition coefficient (Wildman–Crippen LogP) is 3.00. The molecule has 1 aliphatic carbocycles. The normalized spacial score (nSPS) is 13.2. The molecule has 0 spiro atoms. The second kappa shape index (κ2) is 11.3. The number of hydrogen-bond donors (Lipinski definition) is 3. The highest BCUT2D eigenvalue weighted by atomic mass is 32.2. The Morgan fingerprint density at radius 2 is 2.03 bits per heavy atom. The lowest BCUT2D eigenvalue weighted by atomic mass is 10.3. The molecule has 1 saturated carbocycles. The minimum absolute atomic E-state index is 0.00600. The minimum atomic E-state index is -0.995. The van der Waals surface area contributed by atoms with Crippen LogP contribution in [0.4, 0.5) is 17.2 Å². The van der Waals surface area contributed by atoms with Crippen molar-refractivity contribution in [2.24, 2.45) is 10.9 Å². The predicted molar refractivity (Wildman–Crippen MR) is 126 cm³/mol. The first-order valence-corrected chi connectivity index (χ1v) is 11.1. The van der Waals surface area contributed by atoms with Gasteiger partial charge in [-0.1, -0.05) is 13.5 Å². The van der Waals surface area contributed by atoms with E-state index in [9.17, 15) is 19.7 Å². The monoisotopic (exact) mass is 485 g/mol. The van der Waals surface area contributed by atoms with Gasteiger partial charge < -0.3 is 15.5 Å². The Labute approximate surface area is 199 Å². The fourth-order valence-electron chi connectivity index (χ4n) is 2.67. The maximum Gasteiger partial charge on any atom is 0.364 e. The Kier molecular flexibility index (Phi) is 8.27. The van der Waals surface area contributed by atoms with Crippen LogP contribution < -0.4 is 16.2 Å². The summed E-state index contributed by atoms with van der Waals surface area (Å²) in [7, 11) is 1.10. The molecule has 1 aromatic heterocycles. The zero-order valence-electron chi connectivity index (χ0n) is 18.5. The number of ether oxygens (including phenoxy) is 1. The topological polar surface area (TPSA) is 161 Å². The fraction of sp³-hybridized carbons (Fsp3) is 0.286. The van der Waals surface area contributed by atoms with Gasteiger partial charge >= 0.3 is 11.7 Å². The molecule has 3 N–H and O–H groups in total. The number of hydrogen-bond acceptors (Lipinski definition) is 10. The number of anilines is 1. The van der Waals surface area contributed by atoms with Crippen LogP contribution in [0.5, 0.6) is 0 Å². The van der Waals surface area contributed by atoms with Crippen molar-refractivity contribution >= 4 is 46.7 Å². The number of esters is 1. The average molecular weight is 486 g/mol. The van der Waals surface area contributed by atoms with E-state index in [0.717, 1.165) is 31.7 Å². The van der Waals surface area contributed by atoms with E-state index in [0.29, 0.717) is 17.1 Å². The van der Waals surface area contributed by atoms with Crippen LogP contribution in [0.1, 0.15) is 30.3 Å². The number of aromatic nitrogens is 2. The van der Waals surface area contributed by atoms with E-state index in [1.165, 1.54) is 6.08 Å². The molecule has 13 heteroatoms. The molecule has 12 nitrogen and oxygen atoms in total. The highest BCUT2D eigenvalue weighted by Crippen LogP contribution is 2.34. The molecule has 0 saturated heterocycles. The van der Waals surface area contributed by atoms with E-state index < -0.39 is 22.3 Å². The van der Waals surface area contributed by atoms with Gasteiger partial charge in [0.25, 0.3) is 0 Å². The van der Waals surface area contributed by atoms with Gasteiger partial charge in [-0.15, -0.1) is 0 Å². The molecule has 0 unspecified atom stereocenters. The summed E-state index contributed by atoms with van der Waals surface area (Å²) < 4.78 is 4.68. The van der Waals surface area contributed by atoms with E-state index in [2.05, 4.69) is 42.4 Å². The molecule has 34 heavy (non-hydrogen) atoms. The third kappa shape index (κ3) is 6.36. The molecule has 1 aliphatic rings. The van der Waals surface area contributed by atoms with Crippen molar-refractivity contribution < 1.29 is 19.2 Å². The standard InChI is InChI=1S/C21H23N7O5S/c1-4-15(27-22-5-2)24-18-17(28(31)32)16(20(30)33-3)25-21(26-18)34-14-10-8-13(9-11-14)23-19(29)12-6-7-12/h4,8-12,22H,1,5-7H2,2-3H3,(H,23,29)(H,24,25,26,27). The number of methoxy groups -OCH3 is 1. The Morgan fingerprint density at radius 1 is 1.32 bits per heavy atom. The Morgan fingerprint density at radius 3 is 2.59 bits per heavy atom. The van der Waals surface area contributed by atoms with Crippen LogP contribution >= 0.6 is 11.8 Å². The van der Waals surface area contributed by atoms with Crippen LogP contribution in [0, 0.1) is 16.0 Å². The first-order chi connectivity index (χ1) is 16.4. The van der Waals surface area contributed by atoms with Crippen LogP contribution in [0.25, 0.3) is 0 Å². The maximum atomic E-state index is 12.3. The SMILES string of the molecule is C=CC(=Nc1nc(Sc2ccc(NC(=O)C3CC3)cc2)nc(C(=O)OC)c1[N+](=O)[O-])NNCC. The average Bonchev–Trinajstić information content (AvgIpc) is 3.67. The summed E-state index contributed by atoms with van der Waals surface area (Å²) >= 11 is 1.07. The van der Waals surface area contributed by atoms with Crippen LogP contribution in [0.3, 0.4) is 0 Å². The quantitative estimate of drug-likeness (QED) is 0.114. The summed E-state index contributed by atoms with van der Waals surface area (Å²) in [5.74, 6) is -1.10. The summed E-state index contributed by atoms with van der Waals surface area (Å²) in [6, 6.07) is 6.93. The van der Waals surface area contributed by atoms with E-state index in [1.807, 2.05) is 6.92 Å². The Hall–Kier alpha value is -3.84. The first kappa shape index (κ1) is 24.8. The summed E-state index contributed by atoms with van der Waals surface area (Å²) in [5.41, 5.74) is 4.99. The number of benzene rings is 1. The Balaban J connectivity index is 1.95. The van der Waals surface area contributed by atoms with Gasteiger partial charge in [0.15, 0.2) is 5.16 Å². The van der Waals surface area contributed by atoms with E-state index in [1.54, 1.807) is 24.3 Å². The van der Waals surface area contributed by atoms with Gasteiger partial charge in [0, 0.05) is 23.0 Å². The molecule has 0 atom stereocenters. The number of carbonyl (C=O) groups is 2. The molecule has 1 amide bonds. The molecule has 1 aromatic carbocycles. The minimum Gasteiger partial charge on any atom is -0.464 e. The number of hydrazine groups is 1. The lowest BCUT2D eigenvalue weighted by molar-refractivity contribution is -0.385. The van der Waals surface area contributed by atoms with Crippen LogP contribution in [0.2, 0.25) is 0 Å². The molecule has 3 rings (SSSR count). The van der Waals surface area contributed by atoms with Crippen LogP contribution in [-0.2, 0) is 9.53 Å². The molecule has 0 bridgehead atoms. The van der Waals surface area contributed by atoms with E-state index in [-0.39, 0.29) is 28.6 Å². The van der Waals surface area contributed by atoms with Gasteiger partial charge in [-0.2, -0.15) is 4.98 Å². The molecule has 0 radical (unpaired) electrons. The third-order valence-electron chi connectivity index (χ3n) is 4.50. The molecule has 178 valence electrons. The maximum absolute atomic E-state index is 12.3. The zero-order valence-corrected chi connectivity index (χ0v) is 19.3. The van der Waals surface area contributed by atoms with Crippen molar-refractivity contribution in [3.63, 3.8) is 0 Å². The third-order valence-corrected chi connectivity index (χ3v) is 5.37. The van der Waals surface area contributed by atoms with Crippen molar-refractivity contribution in [2.75, 3.05) is 19.0 Å². The highest BCUT2D eigenvalue weighted by Gasteiger charge is 2.31. The largest absolute Gasteiger partial charge is 0.464 e. The lowest BCUT2D eigenvalue weighted by Gasteiger charge is -2.09. The molecule has 0 aliphatic heterocycles. The van der Waals surface area contributed by atoms with E-state index in [4.69, 9.17) is 0 Å². The van der Waals surface area contributed by atoms with Gasteiger partial charge in [-0.3, -0.25) is 14.9 Å². The number of amides is 1. The zero-order chi connectivity index (χ0) is 24.7. The van der Waals surface area contributed by atoms with Gasteiger partial charge in [0.2, 0.25) is 17.4 Å². The number of nitrogens with zero attached hydrogens (tertiary/aromatic N) is 4. The van der Waals surface area contributed by atoms with Gasteiger partial charge in [0.1, 0.15) is 5.84 Å². The van der Waals surface area contributed by atoms with Crippen molar-refractivity contribution in [1.29, 1.82) is 0 Å². The summed E-state index contributed by atoms with van der Waals surface area (Å²) in [4.78, 5) is 48.2. The van der Waals surface area contributed by atoms with Crippen molar-refractivity contribution in [3.8, 4) is 0 Å². The summed E-state index contributed by atoms with van der Waals surface area (Å²) in [6.07, 6.45) is 3.15. The van der Waals surface area contributed by atoms with Crippen LogP contribution in [0.15, 0.2) is 52.0 Å². The number of aliphatic imine (C=N–C) groups is 1. The second-order valence-corrected chi connectivity index (χ2v) is 8.06. The molecule has 2 aromatic rings. The van der Waals surface area contributed by atoms with Gasteiger partial charge in [0.05, 0.1) is 12.0 Å². The molecular formula is C21H23N7O5S. The fourth-order valence-corrected chi connectivity index (χ4v) is 3.43. The molecular weight excluding hydrogens is 462 g/mol. The number of nitro groups is 1. The van der Waals surface area contributed by atoms with Crippen molar-refractivity contribution in [1.82, 2.24) is 20.8 Å². The number of nitrogens with one attached hydrogen (secondary N) is 3. The van der Waals surface area contributed by atoms with Gasteiger partial charge in [-0.05, 0) is 54.9 Å². The number of carbonyl (C=O) groups excluding carboxylic acids is 2. The summed E-state index contributed by atoms with van der Waals surface area (Å²) in [6.45, 7) is 6.01. The van der Waals surface area contributed by atoms with Crippen LogP contribution in [-0.4, -0.2) is 46.3 Å². The first-order valence-electron chi connectivity index (χ1n) is 10.3. The van der Waals surface area contributed by atoms with Gasteiger partial charge in [-0.25, -0.2) is 20.2 Å². The Bertz CT molecular complexity index is 1130. The van der Waals surface area contributed by atoms with E-state index >= 15 is 0 Å². The van der Waals surface area contributed by atoms with Crippen molar-refractivity contribution in [3.05, 3.63) is 52.7 Å². The lowest BCUT2D eigenvalue weighted by Crippen LogP contribution is -2.35.